The first-order valence-corrected chi connectivity index (χ1v) is 7.45. The van der Waals surface area contributed by atoms with E-state index in [1.165, 1.54) is 0 Å². The molecule has 1 aromatic rings. The second kappa shape index (κ2) is 6.68. The molecule has 0 radical (unpaired) electrons. The monoisotopic (exact) mass is 331 g/mol. The van der Waals surface area contributed by atoms with E-state index >= 15 is 0 Å². The maximum atomic E-state index is 13.2. The third kappa shape index (κ3) is 5.04. The van der Waals surface area contributed by atoms with Crippen LogP contribution in [-0.4, -0.2) is 23.8 Å². The van der Waals surface area contributed by atoms with Crippen molar-refractivity contribution >= 4 is 6.09 Å². The average Bonchev–Trinajstić information content (AvgIpc) is 2.80. The van der Waals surface area contributed by atoms with Crippen molar-refractivity contribution < 1.29 is 27.4 Å². The van der Waals surface area contributed by atoms with Gasteiger partial charge in [-0.1, -0.05) is 0 Å². The molecule has 128 valence electrons. The van der Waals surface area contributed by atoms with E-state index in [-0.39, 0.29) is 17.9 Å². The summed E-state index contributed by atoms with van der Waals surface area (Å²) < 4.78 is 49.8. The summed E-state index contributed by atoms with van der Waals surface area (Å²) in [5, 5.41) is 2.73. The van der Waals surface area contributed by atoms with Gasteiger partial charge in [0.15, 0.2) is 17.5 Å². The van der Waals surface area contributed by atoms with Gasteiger partial charge in [0.1, 0.15) is 17.5 Å². The molecule has 1 aromatic carbocycles. The fraction of sp³-hybridized carbons (Fsp3) is 0.562. The molecule has 0 aliphatic heterocycles. The Balaban J connectivity index is 1.87. The number of ether oxygens (including phenoxy) is 2. The van der Waals surface area contributed by atoms with E-state index in [0.717, 1.165) is 12.1 Å². The lowest BCUT2D eigenvalue weighted by Gasteiger charge is -2.21. The molecule has 23 heavy (non-hydrogen) atoms. The molecule has 1 amide bonds. The summed E-state index contributed by atoms with van der Waals surface area (Å²) in [7, 11) is 0. The largest absolute Gasteiger partial charge is 0.490 e. The highest BCUT2D eigenvalue weighted by Gasteiger charge is 2.29. The first kappa shape index (κ1) is 17.4. The van der Waals surface area contributed by atoms with Crippen LogP contribution >= 0.6 is 0 Å². The van der Waals surface area contributed by atoms with Gasteiger partial charge in [-0.15, -0.1) is 0 Å². The first-order chi connectivity index (χ1) is 10.6. The Labute approximate surface area is 133 Å². The molecule has 1 aliphatic carbocycles. The lowest BCUT2D eigenvalue weighted by molar-refractivity contribution is 0.0503. The second-order valence-electron chi connectivity index (χ2n) is 6.60. The van der Waals surface area contributed by atoms with Gasteiger partial charge in [-0.05, 0) is 33.6 Å². The molecule has 2 rings (SSSR count). The lowest BCUT2D eigenvalue weighted by Crippen LogP contribution is -2.38. The molecule has 1 saturated carbocycles. The van der Waals surface area contributed by atoms with Crippen LogP contribution in [0, 0.1) is 17.5 Å². The van der Waals surface area contributed by atoms with E-state index in [1.54, 1.807) is 20.8 Å². The van der Waals surface area contributed by atoms with Gasteiger partial charge in [0.25, 0.3) is 0 Å². The predicted molar refractivity (Wildman–Crippen MR) is 77.7 cm³/mol. The molecular formula is C16H20F3NO3. The topological polar surface area (TPSA) is 47.6 Å². The number of halogens is 3. The highest BCUT2D eigenvalue weighted by molar-refractivity contribution is 5.68. The highest BCUT2D eigenvalue weighted by atomic mass is 19.2. The van der Waals surface area contributed by atoms with Crippen molar-refractivity contribution in [2.24, 2.45) is 0 Å². The van der Waals surface area contributed by atoms with Crippen LogP contribution in [-0.2, 0) is 4.74 Å². The minimum Gasteiger partial charge on any atom is -0.490 e. The van der Waals surface area contributed by atoms with Crippen molar-refractivity contribution in [1.29, 1.82) is 0 Å². The Morgan fingerprint density at radius 3 is 2.35 bits per heavy atom. The Bertz CT molecular complexity index is 563. The van der Waals surface area contributed by atoms with Gasteiger partial charge in [0, 0.05) is 24.6 Å². The molecule has 0 heterocycles. The zero-order valence-corrected chi connectivity index (χ0v) is 13.3. The van der Waals surface area contributed by atoms with Gasteiger partial charge in [-0.3, -0.25) is 0 Å². The molecule has 1 fully saturated rings. The number of carbonyl (C=O) groups is 1. The number of hydrogen-bond donors (Lipinski definition) is 1. The van der Waals surface area contributed by atoms with Crippen molar-refractivity contribution in [3.8, 4) is 5.75 Å². The summed E-state index contributed by atoms with van der Waals surface area (Å²) in [5.41, 5.74) is -0.582. The molecule has 4 nitrogen and oxygen atoms in total. The molecule has 1 aliphatic rings. The van der Waals surface area contributed by atoms with E-state index < -0.39 is 29.1 Å². The summed E-state index contributed by atoms with van der Waals surface area (Å²) >= 11 is 0. The molecule has 7 heteroatoms. The van der Waals surface area contributed by atoms with Gasteiger partial charge < -0.3 is 14.8 Å². The Morgan fingerprint density at radius 2 is 1.78 bits per heavy atom. The van der Waals surface area contributed by atoms with Gasteiger partial charge in [-0.25, -0.2) is 18.0 Å². The quantitative estimate of drug-likeness (QED) is 0.854. The number of alkyl carbamates (subject to hydrolysis) is 1. The summed E-state index contributed by atoms with van der Waals surface area (Å²) in [4.78, 5) is 11.7. The number of carbonyl (C=O) groups excluding carboxylic acids is 1. The Morgan fingerprint density at radius 1 is 1.17 bits per heavy atom. The van der Waals surface area contributed by atoms with Crippen LogP contribution in [0.5, 0.6) is 5.75 Å². The van der Waals surface area contributed by atoms with Crippen molar-refractivity contribution in [3.05, 3.63) is 29.6 Å². The van der Waals surface area contributed by atoms with Crippen LogP contribution in [0.15, 0.2) is 12.1 Å². The fourth-order valence-corrected chi connectivity index (χ4v) is 2.45. The van der Waals surface area contributed by atoms with Crippen molar-refractivity contribution in [2.45, 2.75) is 57.8 Å². The average molecular weight is 331 g/mol. The van der Waals surface area contributed by atoms with Gasteiger partial charge in [0.05, 0.1) is 0 Å². The smallest absolute Gasteiger partial charge is 0.407 e. The Hall–Kier alpha value is -1.92. The van der Waals surface area contributed by atoms with Gasteiger partial charge in [-0.2, -0.15) is 0 Å². The molecule has 1 N–H and O–H groups in total. The maximum absolute atomic E-state index is 13.2. The normalized spacial score (nSPS) is 21.1. The molecule has 0 saturated heterocycles. The van der Waals surface area contributed by atoms with Crippen molar-refractivity contribution in [3.63, 3.8) is 0 Å². The summed E-state index contributed by atoms with van der Waals surface area (Å²) in [5.74, 6) is -4.17. The second-order valence-corrected chi connectivity index (χ2v) is 6.60. The molecule has 2 atom stereocenters. The number of hydrogen-bond acceptors (Lipinski definition) is 3. The molecule has 0 spiro atoms. The lowest BCUT2D eigenvalue weighted by atomic mass is 10.2. The van der Waals surface area contributed by atoms with Crippen LogP contribution in [0.25, 0.3) is 0 Å². The fourth-order valence-electron chi connectivity index (χ4n) is 2.45. The first-order valence-electron chi connectivity index (χ1n) is 7.45. The van der Waals surface area contributed by atoms with Crippen LogP contribution in [0.3, 0.4) is 0 Å². The van der Waals surface area contributed by atoms with E-state index in [0.29, 0.717) is 19.3 Å². The molecule has 0 aromatic heterocycles. The molecule has 0 bridgehead atoms. The van der Waals surface area contributed by atoms with Crippen LogP contribution in [0.1, 0.15) is 40.0 Å². The summed E-state index contributed by atoms with van der Waals surface area (Å²) in [6.07, 6.45) is 0.943. The zero-order chi connectivity index (χ0) is 17.2. The van der Waals surface area contributed by atoms with Crippen LogP contribution in [0.2, 0.25) is 0 Å². The molecule has 2 unspecified atom stereocenters. The van der Waals surface area contributed by atoms with Crippen LogP contribution in [0.4, 0.5) is 18.0 Å². The number of nitrogens with one attached hydrogen (secondary N) is 1. The summed E-state index contributed by atoms with van der Waals surface area (Å²) in [6, 6.07) is 1.49. The van der Waals surface area contributed by atoms with Crippen molar-refractivity contribution in [2.75, 3.05) is 0 Å². The van der Waals surface area contributed by atoms with Gasteiger partial charge >= 0.3 is 6.09 Å². The SMILES string of the molecule is CC(C)(C)OC(=O)NC1CCC(Oc2cc(F)c(F)c(F)c2)C1. The van der Waals surface area contributed by atoms with Crippen molar-refractivity contribution in [1.82, 2.24) is 5.32 Å². The number of rotatable bonds is 3. The third-order valence-corrected chi connectivity index (χ3v) is 3.37. The number of benzene rings is 1. The van der Waals surface area contributed by atoms with E-state index in [2.05, 4.69) is 5.32 Å². The van der Waals surface area contributed by atoms with Gasteiger partial charge in [0.2, 0.25) is 0 Å². The minimum atomic E-state index is -1.52. The summed E-state index contributed by atoms with van der Waals surface area (Å²) in [6.45, 7) is 5.31. The van der Waals surface area contributed by atoms with E-state index in [9.17, 15) is 18.0 Å². The molecular weight excluding hydrogens is 311 g/mol. The third-order valence-electron chi connectivity index (χ3n) is 3.37. The Kier molecular flexibility index (Phi) is 5.06. The van der Waals surface area contributed by atoms with E-state index in [4.69, 9.17) is 9.47 Å². The maximum Gasteiger partial charge on any atom is 0.407 e. The predicted octanol–water partition coefficient (Wildman–Crippen LogP) is 3.93. The minimum absolute atomic E-state index is 0.0654. The van der Waals surface area contributed by atoms with E-state index in [1.807, 2.05) is 0 Å². The van der Waals surface area contributed by atoms with Crippen LogP contribution < -0.4 is 10.1 Å². The highest BCUT2D eigenvalue weighted by Crippen LogP contribution is 2.27. The standard InChI is InChI=1S/C16H20F3NO3/c1-16(2,3)23-15(21)20-9-4-5-10(6-9)22-11-7-12(17)14(19)13(18)8-11/h7-10H,4-6H2,1-3H3,(H,20,21). The number of amides is 1. The zero-order valence-electron chi connectivity index (χ0n) is 13.3.